The van der Waals surface area contributed by atoms with Crippen molar-refractivity contribution in [3.63, 3.8) is 0 Å². The second-order valence-electron chi connectivity index (χ2n) is 9.15. The number of benzene rings is 2. The second-order valence-corrected chi connectivity index (χ2v) is 12.7. The standard InChI is InChI=1S/C28H27O4PS2.Na/c29-33(30,31-23-17-19-9-1-5-13-25(19)34-27-15-7-3-11-21(23)27)32-24-18-20-10-2-6-14-26(20)35-28-16-8-4-12-22(24)28;/h3-4,7-8,11-12,15-18H,1-2,5-6,9-10,13-14H2,(H,29,30);/q;+1/p-1. The zero-order valence-electron chi connectivity index (χ0n) is 20.3. The van der Waals surface area contributed by atoms with E-state index in [-0.39, 0.29) is 29.6 Å². The zero-order valence-corrected chi connectivity index (χ0v) is 24.9. The van der Waals surface area contributed by atoms with Gasteiger partial charge in [0.15, 0.2) is 0 Å². The number of thioether (sulfide) groups is 2. The van der Waals surface area contributed by atoms with Crippen molar-refractivity contribution >= 4 is 42.9 Å². The summed E-state index contributed by atoms with van der Waals surface area (Å²) in [6.45, 7) is 0. The molecule has 0 N–H and O–H groups in total. The van der Waals surface area contributed by atoms with Crippen LogP contribution in [0, 0.1) is 0 Å². The Hall–Kier alpha value is -1.11. The first-order valence-corrected chi connectivity index (χ1v) is 15.3. The van der Waals surface area contributed by atoms with Crippen molar-refractivity contribution in [2.24, 2.45) is 0 Å². The van der Waals surface area contributed by atoms with Crippen LogP contribution in [0.15, 0.2) is 91.4 Å². The predicted octanol–water partition coefficient (Wildman–Crippen LogP) is 5.44. The Morgan fingerprint density at radius 1 is 0.667 bits per heavy atom. The van der Waals surface area contributed by atoms with Crippen molar-refractivity contribution in [3.8, 4) is 0 Å². The van der Waals surface area contributed by atoms with Crippen molar-refractivity contribution in [3.05, 3.63) is 92.8 Å². The molecule has 2 aliphatic carbocycles. The van der Waals surface area contributed by atoms with Crippen LogP contribution in [0.2, 0.25) is 0 Å². The largest absolute Gasteiger partial charge is 1.00 e. The molecule has 2 aliphatic heterocycles. The van der Waals surface area contributed by atoms with Crippen molar-refractivity contribution in [1.29, 1.82) is 0 Å². The molecule has 0 saturated carbocycles. The van der Waals surface area contributed by atoms with E-state index in [9.17, 15) is 9.46 Å². The molecule has 2 heterocycles. The minimum absolute atomic E-state index is 0. The van der Waals surface area contributed by atoms with Gasteiger partial charge in [0.25, 0.3) is 0 Å². The van der Waals surface area contributed by atoms with Crippen LogP contribution in [0.4, 0.5) is 0 Å². The first kappa shape index (κ1) is 26.5. The van der Waals surface area contributed by atoms with Crippen molar-refractivity contribution in [1.82, 2.24) is 0 Å². The van der Waals surface area contributed by atoms with Gasteiger partial charge in [-0.3, -0.25) is 0 Å². The van der Waals surface area contributed by atoms with Gasteiger partial charge in [-0.05, 0) is 96.6 Å². The molecule has 4 aliphatic rings. The first-order chi connectivity index (χ1) is 17.1. The molecule has 0 unspecified atom stereocenters. The number of fused-ring (bicyclic) bond motifs is 2. The Balaban J connectivity index is 0.00000267. The monoisotopic (exact) mass is 544 g/mol. The summed E-state index contributed by atoms with van der Waals surface area (Å²) in [6.07, 6.45) is 12.2. The molecule has 36 heavy (non-hydrogen) atoms. The van der Waals surface area contributed by atoms with Crippen LogP contribution >= 0.6 is 31.3 Å². The number of phosphoric acid groups is 1. The fourth-order valence-corrected chi connectivity index (χ4v) is 8.29. The molecule has 0 saturated heterocycles. The summed E-state index contributed by atoms with van der Waals surface area (Å²) >= 11 is 3.46. The van der Waals surface area contributed by atoms with E-state index in [1.54, 1.807) is 23.5 Å². The van der Waals surface area contributed by atoms with Crippen molar-refractivity contribution < 1.29 is 48.1 Å². The minimum atomic E-state index is -4.72. The average molecular weight is 545 g/mol. The molecule has 0 radical (unpaired) electrons. The predicted molar refractivity (Wildman–Crippen MR) is 141 cm³/mol. The molecule has 2 aromatic carbocycles. The fourth-order valence-electron chi connectivity index (χ4n) is 5.01. The Morgan fingerprint density at radius 3 is 1.56 bits per heavy atom. The van der Waals surface area contributed by atoms with Gasteiger partial charge < -0.3 is 13.9 Å². The van der Waals surface area contributed by atoms with E-state index in [4.69, 9.17) is 9.05 Å². The van der Waals surface area contributed by atoms with Crippen LogP contribution in [0.3, 0.4) is 0 Å². The van der Waals surface area contributed by atoms with Crippen LogP contribution in [0.5, 0.6) is 0 Å². The van der Waals surface area contributed by atoms with E-state index in [1.807, 2.05) is 60.7 Å². The van der Waals surface area contributed by atoms with Gasteiger partial charge in [-0.25, -0.2) is 4.57 Å². The summed E-state index contributed by atoms with van der Waals surface area (Å²) < 4.78 is 24.9. The average Bonchev–Trinajstić information content (AvgIpc) is 3.11. The minimum Gasteiger partial charge on any atom is -0.736 e. The summed E-state index contributed by atoms with van der Waals surface area (Å²) in [7, 11) is -4.72. The molecule has 2 aromatic rings. The van der Waals surface area contributed by atoms with Crippen LogP contribution in [-0.4, -0.2) is 0 Å². The van der Waals surface area contributed by atoms with E-state index in [1.165, 1.54) is 21.0 Å². The Bertz CT molecular complexity index is 1260. The van der Waals surface area contributed by atoms with E-state index in [0.717, 1.165) is 72.3 Å². The molecule has 0 aromatic heterocycles. The van der Waals surface area contributed by atoms with Crippen LogP contribution in [-0.2, 0) is 13.6 Å². The van der Waals surface area contributed by atoms with E-state index < -0.39 is 7.82 Å². The third-order valence-electron chi connectivity index (χ3n) is 6.72. The molecular formula is C28H26NaO4PS2. The molecular weight excluding hydrogens is 518 g/mol. The van der Waals surface area contributed by atoms with E-state index >= 15 is 0 Å². The van der Waals surface area contributed by atoms with Gasteiger partial charge in [0.05, 0.1) is 0 Å². The summed E-state index contributed by atoms with van der Waals surface area (Å²) in [4.78, 5) is 18.0. The van der Waals surface area contributed by atoms with Gasteiger partial charge in [0.1, 0.15) is 11.5 Å². The fraction of sp³-hybridized carbons (Fsp3) is 0.286. The van der Waals surface area contributed by atoms with Gasteiger partial charge in [-0.15, -0.1) is 0 Å². The third kappa shape index (κ3) is 5.66. The Labute approximate surface area is 243 Å². The molecule has 8 heteroatoms. The smallest absolute Gasteiger partial charge is 0.736 e. The van der Waals surface area contributed by atoms with Crippen molar-refractivity contribution in [2.45, 2.75) is 61.2 Å². The Morgan fingerprint density at radius 2 is 1.08 bits per heavy atom. The summed E-state index contributed by atoms with van der Waals surface area (Å²) in [5.41, 5.74) is 3.91. The molecule has 0 fully saturated rings. The number of hydrogen-bond donors (Lipinski definition) is 0. The molecule has 0 spiro atoms. The molecule has 180 valence electrons. The van der Waals surface area contributed by atoms with Gasteiger partial charge in [-0.1, -0.05) is 59.9 Å². The summed E-state index contributed by atoms with van der Waals surface area (Å²) in [5, 5.41) is 0. The maximum atomic E-state index is 13.4. The molecule has 0 amide bonds. The number of allylic oxidation sites excluding steroid dienone is 6. The van der Waals surface area contributed by atoms with Gasteiger partial charge >= 0.3 is 37.4 Å². The summed E-state index contributed by atoms with van der Waals surface area (Å²) in [5.74, 6) is 0.681. The van der Waals surface area contributed by atoms with Crippen LogP contribution in [0.1, 0.15) is 62.5 Å². The molecule has 6 rings (SSSR count). The maximum Gasteiger partial charge on any atom is 1.00 e. The van der Waals surface area contributed by atoms with Gasteiger partial charge in [-0.2, -0.15) is 0 Å². The summed E-state index contributed by atoms with van der Waals surface area (Å²) in [6, 6.07) is 15.7. The van der Waals surface area contributed by atoms with Crippen LogP contribution < -0.4 is 34.5 Å². The zero-order chi connectivity index (χ0) is 23.8. The van der Waals surface area contributed by atoms with Crippen LogP contribution in [0.25, 0.3) is 11.5 Å². The van der Waals surface area contributed by atoms with E-state index in [2.05, 4.69) is 0 Å². The third-order valence-corrected chi connectivity index (χ3v) is 10.1. The molecule has 0 atom stereocenters. The number of hydrogen-bond acceptors (Lipinski definition) is 6. The van der Waals surface area contributed by atoms with Gasteiger partial charge in [0.2, 0.25) is 0 Å². The Kier molecular flexibility index (Phi) is 8.34. The number of phosphoric ester groups is 1. The SMILES string of the molecule is O=P([O-])(OC1=CC2=C(CCCC2)Sc2ccccc21)OC1=CC2=C(CCCC2)Sc2ccccc21.[Na+]. The normalized spacial score (nSPS) is 19.2. The number of rotatable bonds is 4. The molecule has 4 nitrogen and oxygen atoms in total. The maximum absolute atomic E-state index is 13.4. The second kappa shape index (κ2) is 11.3. The topological polar surface area (TPSA) is 58.6 Å². The molecule has 0 bridgehead atoms. The van der Waals surface area contributed by atoms with E-state index in [0.29, 0.717) is 11.5 Å². The first-order valence-electron chi connectivity index (χ1n) is 12.2. The quantitative estimate of drug-likeness (QED) is 0.377. The van der Waals surface area contributed by atoms with Crippen molar-refractivity contribution in [2.75, 3.05) is 0 Å². The van der Waals surface area contributed by atoms with Gasteiger partial charge in [0, 0.05) is 20.9 Å².